The normalized spacial score (nSPS) is 15.7. The lowest BCUT2D eigenvalue weighted by molar-refractivity contribution is -0.142. The summed E-state index contributed by atoms with van der Waals surface area (Å²) in [5, 5.41) is 3.32. The number of thioether (sulfide) groups is 1. The standard InChI is InChI=1S/C23H23BrN2O5S/c1-5-30-18-10-15(6-7-17(18)31-12-20(27)29-4)11-19-22(28)26-23(32-19)25-16-8-13(2)21(24)14(3)9-16/h6-11H,5,12H2,1-4H3,(H,25,26,28)/b19-11-. The van der Waals surface area contributed by atoms with Crippen molar-refractivity contribution in [2.75, 3.05) is 20.3 Å². The minimum absolute atomic E-state index is 0.218. The van der Waals surface area contributed by atoms with Crippen molar-refractivity contribution in [1.29, 1.82) is 0 Å². The fraction of sp³-hybridized carbons (Fsp3) is 0.261. The highest BCUT2D eigenvalue weighted by atomic mass is 79.9. The van der Waals surface area contributed by atoms with E-state index in [1.165, 1.54) is 18.9 Å². The maximum absolute atomic E-state index is 12.5. The summed E-state index contributed by atoms with van der Waals surface area (Å²) >= 11 is 4.82. The van der Waals surface area contributed by atoms with Gasteiger partial charge < -0.3 is 19.5 Å². The van der Waals surface area contributed by atoms with Crippen LogP contribution < -0.4 is 14.8 Å². The summed E-state index contributed by atoms with van der Waals surface area (Å²) in [4.78, 5) is 28.9. The fourth-order valence-corrected chi connectivity index (χ4v) is 4.01. The van der Waals surface area contributed by atoms with Gasteiger partial charge in [0, 0.05) is 4.47 Å². The quantitative estimate of drug-likeness (QED) is 0.414. The smallest absolute Gasteiger partial charge is 0.343 e. The second-order valence-electron chi connectivity index (χ2n) is 6.88. The van der Waals surface area contributed by atoms with Gasteiger partial charge in [-0.1, -0.05) is 22.0 Å². The molecule has 0 unspecified atom stereocenters. The van der Waals surface area contributed by atoms with Crippen LogP contribution in [0.5, 0.6) is 11.5 Å². The van der Waals surface area contributed by atoms with Crippen LogP contribution in [0.4, 0.5) is 5.69 Å². The van der Waals surface area contributed by atoms with Crippen LogP contribution in [0.15, 0.2) is 44.7 Å². The average molecular weight is 519 g/mol. The molecule has 2 aromatic carbocycles. The Kier molecular flexibility index (Phi) is 7.98. The Labute approximate surface area is 199 Å². The van der Waals surface area contributed by atoms with Crippen molar-refractivity contribution in [2.45, 2.75) is 20.8 Å². The fourth-order valence-electron chi connectivity index (χ4n) is 2.93. The van der Waals surface area contributed by atoms with Gasteiger partial charge in [0.15, 0.2) is 23.3 Å². The summed E-state index contributed by atoms with van der Waals surface area (Å²) in [7, 11) is 1.30. The topological polar surface area (TPSA) is 86.2 Å². The number of nitrogens with one attached hydrogen (secondary N) is 1. The van der Waals surface area contributed by atoms with Gasteiger partial charge in [-0.15, -0.1) is 0 Å². The van der Waals surface area contributed by atoms with Crippen molar-refractivity contribution in [3.8, 4) is 11.5 Å². The van der Waals surface area contributed by atoms with E-state index in [4.69, 9.17) is 9.47 Å². The predicted octanol–water partition coefficient (Wildman–Crippen LogP) is 4.91. The molecular formula is C23H23BrN2O5S. The van der Waals surface area contributed by atoms with Crippen LogP contribution in [-0.2, 0) is 14.3 Å². The number of ether oxygens (including phenoxy) is 3. The molecule has 0 aliphatic carbocycles. The van der Waals surface area contributed by atoms with E-state index in [-0.39, 0.29) is 12.5 Å². The molecule has 0 bridgehead atoms. The van der Waals surface area contributed by atoms with Crippen LogP contribution in [0.3, 0.4) is 0 Å². The molecule has 0 saturated carbocycles. The molecule has 32 heavy (non-hydrogen) atoms. The van der Waals surface area contributed by atoms with E-state index in [9.17, 15) is 9.59 Å². The van der Waals surface area contributed by atoms with Gasteiger partial charge in [-0.2, -0.15) is 0 Å². The predicted molar refractivity (Wildman–Crippen MR) is 130 cm³/mol. The molecule has 0 atom stereocenters. The van der Waals surface area contributed by atoms with E-state index in [1.807, 2.05) is 32.9 Å². The van der Waals surface area contributed by atoms with Gasteiger partial charge in [-0.05, 0) is 79.6 Å². The molecule has 1 aliphatic rings. The first-order chi connectivity index (χ1) is 15.3. The molecule has 1 aliphatic heterocycles. The van der Waals surface area contributed by atoms with Crippen LogP contribution in [0.2, 0.25) is 0 Å². The van der Waals surface area contributed by atoms with Crippen molar-refractivity contribution < 1.29 is 23.8 Å². The van der Waals surface area contributed by atoms with Gasteiger partial charge in [0.2, 0.25) is 0 Å². The summed E-state index contributed by atoms with van der Waals surface area (Å²) in [5.74, 6) is 0.193. The molecule has 9 heteroatoms. The van der Waals surface area contributed by atoms with Gasteiger partial charge in [-0.25, -0.2) is 9.79 Å². The highest BCUT2D eigenvalue weighted by Gasteiger charge is 2.24. The van der Waals surface area contributed by atoms with Crippen LogP contribution in [-0.4, -0.2) is 37.4 Å². The second-order valence-corrected chi connectivity index (χ2v) is 8.70. The number of amides is 1. The maximum Gasteiger partial charge on any atom is 0.343 e. The third-order valence-corrected chi connectivity index (χ3v) is 6.60. The Bertz CT molecular complexity index is 1090. The first-order valence-electron chi connectivity index (χ1n) is 9.83. The number of nitrogens with zero attached hydrogens (tertiary/aromatic N) is 1. The van der Waals surface area contributed by atoms with Crippen molar-refractivity contribution in [1.82, 2.24) is 5.32 Å². The number of hydrogen-bond acceptors (Lipinski definition) is 7. The molecule has 1 amide bonds. The minimum Gasteiger partial charge on any atom is -0.490 e. The number of hydrogen-bond donors (Lipinski definition) is 1. The Morgan fingerprint density at radius 3 is 2.53 bits per heavy atom. The van der Waals surface area contributed by atoms with Crippen molar-refractivity contribution in [3.63, 3.8) is 0 Å². The van der Waals surface area contributed by atoms with Crippen molar-refractivity contribution >= 4 is 56.5 Å². The Morgan fingerprint density at radius 2 is 1.88 bits per heavy atom. The number of methoxy groups -OCH3 is 1. The monoisotopic (exact) mass is 518 g/mol. The SMILES string of the molecule is CCOc1cc(/C=C2\SC(=Nc3cc(C)c(Br)c(C)c3)NC2=O)ccc1OCC(=O)OC. The van der Waals surface area contributed by atoms with Gasteiger partial charge >= 0.3 is 5.97 Å². The van der Waals surface area contributed by atoms with E-state index < -0.39 is 5.97 Å². The number of aryl methyl sites for hydroxylation is 2. The van der Waals surface area contributed by atoms with E-state index >= 15 is 0 Å². The van der Waals surface area contributed by atoms with Crippen LogP contribution in [0.25, 0.3) is 6.08 Å². The first-order valence-corrected chi connectivity index (χ1v) is 11.4. The highest BCUT2D eigenvalue weighted by molar-refractivity contribution is 9.10. The number of carbonyl (C=O) groups is 2. The summed E-state index contributed by atoms with van der Waals surface area (Å²) in [6, 6.07) is 9.15. The molecule has 0 aromatic heterocycles. The lowest BCUT2D eigenvalue weighted by atomic mass is 10.1. The van der Waals surface area contributed by atoms with Crippen LogP contribution >= 0.6 is 27.7 Å². The number of rotatable bonds is 7. The number of halogens is 1. The Morgan fingerprint density at radius 1 is 1.16 bits per heavy atom. The molecular weight excluding hydrogens is 496 g/mol. The van der Waals surface area contributed by atoms with Crippen LogP contribution in [0, 0.1) is 13.8 Å². The zero-order valence-electron chi connectivity index (χ0n) is 18.2. The molecule has 1 heterocycles. The number of esters is 1. The zero-order valence-corrected chi connectivity index (χ0v) is 20.6. The van der Waals surface area contributed by atoms with Gasteiger partial charge in [0.05, 0.1) is 24.3 Å². The molecule has 0 spiro atoms. The highest BCUT2D eigenvalue weighted by Crippen LogP contribution is 2.33. The average Bonchev–Trinajstić information content (AvgIpc) is 3.09. The molecule has 1 fully saturated rings. The second kappa shape index (κ2) is 10.7. The molecule has 168 valence electrons. The first kappa shape index (κ1) is 23.9. The molecule has 3 rings (SSSR count). The van der Waals surface area contributed by atoms with Crippen LogP contribution in [0.1, 0.15) is 23.6 Å². The lowest BCUT2D eigenvalue weighted by Gasteiger charge is -2.12. The van der Waals surface area contributed by atoms with Gasteiger partial charge in [-0.3, -0.25) is 4.79 Å². The number of amidine groups is 1. The lowest BCUT2D eigenvalue weighted by Crippen LogP contribution is -2.19. The third-order valence-electron chi connectivity index (χ3n) is 4.44. The summed E-state index contributed by atoms with van der Waals surface area (Å²) in [5.41, 5.74) is 3.69. The largest absolute Gasteiger partial charge is 0.490 e. The van der Waals surface area contributed by atoms with E-state index in [0.717, 1.165) is 26.9 Å². The molecule has 2 aromatic rings. The van der Waals surface area contributed by atoms with E-state index in [1.54, 1.807) is 24.3 Å². The van der Waals surface area contributed by atoms with E-state index in [0.29, 0.717) is 28.2 Å². The van der Waals surface area contributed by atoms with E-state index in [2.05, 4.69) is 31.0 Å². The summed E-state index contributed by atoms with van der Waals surface area (Å²) in [6.45, 7) is 6.06. The minimum atomic E-state index is -0.486. The molecule has 7 nitrogen and oxygen atoms in total. The summed E-state index contributed by atoms with van der Waals surface area (Å²) < 4.78 is 16.7. The van der Waals surface area contributed by atoms with Gasteiger partial charge in [0.1, 0.15) is 0 Å². The molecule has 1 saturated heterocycles. The third kappa shape index (κ3) is 5.92. The van der Waals surface area contributed by atoms with Gasteiger partial charge in [0.25, 0.3) is 5.91 Å². The Hall–Kier alpha value is -2.78. The number of aliphatic imine (C=N–C) groups is 1. The molecule has 0 radical (unpaired) electrons. The van der Waals surface area contributed by atoms with Crippen molar-refractivity contribution in [3.05, 3.63) is 56.4 Å². The zero-order chi connectivity index (χ0) is 23.3. The number of benzene rings is 2. The molecule has 1 N–H and O–H groups in total. The van der Waals surface area contributed by atoms with Crippen molar-refractivity contribution in [2.24, 2.45) is 4.99 Å². The summed E-state index contributed by atoms with van der Waals surface area (Å²) in [6.07, 6.45) is 1.76. The number of carbonyl (C=O) groups excluding carboxylic acids is 2. The Balaban J connectivity index is 1.81. The maximum atomic E-state index is 12.5.